The number of hydrogen-bond donors (Lipinski definition) is 1. The van der Waals surface area contributed by atoms with E-state index in [4.69, 9.17) is 0 Å². The standard InChI is InChI=1S/C14H15N3O2/c1-9-16-13(11-4-2-3-6-15-11)12-8-10(14(18)19)5-7-17(9)12/h2-4,6,10H,5,7-8H2,1H3,(H,18,19). The summed E-state index contributed by atoms with van der Waals surface area (Å²) in [6.07, 6.45) is 2.93. The Kier molecular flexibility index (Phi) is 2.81. The second-order valence-electron chi connectivity index (χ2n) is 4.85. The maximum atomic E-state index is 11.2. The molecule has 5 heteroatoms. The van der Waals surface area contributed by atoms with Crippen LogP contribution < -0.4 is 0 Å². The summed E-state index contributed by atoms with van der Waals surface area (Å²) in [4.78, 5) is 20.1. The van der Waals surface area contributed by atoms with Gasteiger partial charge in [0, 0.05) is 24.9 Å². The molecule has 98 valence electrons. The van der Waals surface area contributed by atoms with Crippen LogP contribution in [0.4, 0.5) is 0 Å². The van der Waals surface area contributed by atoms with Crippen molar-refractivity contribution in [3.05, 3.63) is 35.9 Å². The minimum Gasteiger partial charge on any atom is -0.481 e. The third kappa shape index (κ3) is 2.01. The van der Waals surface area contributed by atoms with Gasteiger partial charge in [0.05, 0.1) is 11.6 Å². The highest BCUT2D eigenvalue weighted by molar-refractivity contribution is 5.71. The summed E-state index contributed by atoms with van der Waals surface area (Å²) < 4.78 is 2.11. The molecule has 0 amide bonds. The summed E-state index contributed by atoms with van der Waals surface area (Å²) >= 11 is 0. The van der Waals surface area contributed by atoms with Crippen LogP contribution in [0.2, 0.25) is 0 Å². The number of carboxylic acid groups (broad SMARTS) is 1. The van der Waals surface area contributed by atoms with Gasteiger partial charge in [-0.25, -0.2) is 4.98 Å². The molecule has 0 aromatic carbocycles. The summed E-state index contributed by atoms with van der Waals surface area (Å²) in [7, 11) is 0. The molecule has 1 unspecified atom stereocenters. The number of carboxylic acids is 1. The van der Waals surface area contributed by atoms with Crippen molar-refractivity contribution in [2.75, 3.05) is 0 Å². The zero-order valence-corrected chi connectivity index (χ0v) is 10.7. The van der Waals surface area contributed by atoms with Crippen LogP contribution in [0.5, 0.6) is 0 Å². The van der Waals surface area contributed by atoms with Gasteiger partial charge in [0.1, 0.15) is 11.5 Å². The number of fused-ring (bicyclic) bond motifs is 1. The summed E-state index contributed by atoms with van der Waals surface area (Å²) in [5.74, 6) is -0.109. The highest BCUT2D eigenvalue weighted by atomic mass is 16.4. The van der Waals surface area contributed by atoms with Crippen molar-refractivity contribution in [2.45, 2.75) is 26.3 Å². The van der Waals surface area contributed by atoms with Crippen molar-refractivity contribution in [3.63, 3.8) is 0 Å². The second kappa shape index (κ2) is 4.50. The number of pyridine rings is 1. The van der Waals surface area contributed by atoms with Crippen LogP contribution in [0, 0.1) is 12.8 Å². The Bertz CT molecular complexity index is 619. The number of aryl methyl sites for hydroxylation is 1. The molecule has 0 radical (unpaired) electrons. The molecule has 0 spiro atoms. The van der Waals surface area contributed by atoms with Crippen molar-refractivity contribution >= 4 is 5.97 Å². The largest absolute Gasteiger partial charge is 0.481 e. The van der Waals surface area contributed by atoms with E-state index < -0.39 is 5.97 Å². The van der Waals surface area contributed by atoms with Crippen molar-refractivity contribution < 1.29 is 9.90 Å². The Morgan fingerprint density at radius 3 is 3.00 bits per heavy atom. The van der Waals surface area contributed by atoms with Crippen LogP contribution in [0.3, 0.4) is 0 Å². The predicted molar refractivity (Wildman–Crippen MR) is 69.6 cm³/mol. The van der Waals surface area contributed by atoms with Crippen LogP contribution >= 0.6 is 0 Å². The first-order valence-electron chi connectivity index (χ1n) is 6.37. The van der Waals surface area contributed by atoms with Crippen LogP contribution in [0.15, 0.2) is 24.4 Å². The molecule has 1 atom stereocenters. The lowest BCUT2D eigenvalue weighted by molar-refractivity contribution is -0.142. The number of nitrogens with zero attached hydrogens (tertiary/aromatic N) is 3. The van der Waals surface area contributed by atoms with Gasteiger partial charge in [-0.2, -0.15) is 0 Å². The van der Waals surface area contributed by atoms with Gasteiger partial charge in [-0.3, -0.25) is 9.78 Å². The van der Waals surface area contributed by atoms with Crippen molar-refractivity contribution in [1.82, 2.24) is 14.5 Å². The molecule has 2 aromatic heterocycles. The Hall–Kier alpha value is -2.17. The van der Waals surface area contributed by atoms with Crippen LogP contribution in [-0.2, 0) is 17.8 Å². The molecule has 3 heterocycles. The van der Waals surface area contributed by atoms with E-state index in [1.165, 1.54) is 0 Å². The summed E-state index contributed by atoms with van der Waals surface area (Å²) in [5.41, 5.74) is 2.63. The van der Waals surface area contributed by atoms with Gasteiger partial charge in [-0.1, -0.05) is 6.07 Å². The van der Waals surface area contributed by atoms with Crippen LogP contribution in [0.25, 0.3) is 11.4 Å². The van der Waals surface area contributed by atoms with Gasteiger partial charge in [-0.05, 0) is 25.5 Å². The molecule has 19 heavy (non-hydrogen) atoms. The van der Waals surface area contributed by atoms with Gasteiger partial charge in [0.25, 0.3) is 0 Å². The van der Waals surface area contributed by atoms with Gasteiger partial charge in [-0.15, -0.1) is 0 Å². The molecular formula is C14H15N3O2. The van der Waals surface area contributed by atoms with E-state index in [0.29, 0.717) is 12.8 Å². The number of hydrogen-bond acceptors (Lipinski definition) is 3. The topological polar surface area (TPSA) is 68.0 Å². The minimum absolute atomic E-state index is 0.314. The number of aliphatic carboxylic acids is 1. The van der Waals surface area contributed by atoms with Crippen molar-refractivity contribution in [2.24, 2.45) is 5.92 Å². The lowest BCUT2D eigenvalue weighted by Crippen LogP contribution is -2.26. The summed E-state index contributed by atoms with van der Waals surface area (Å²) in [6, 6.07) is 5.69. The molecule has 0 aliphatic carbocycles. The SMILES string of the molecule is Cc1nc(-c2ccccn2)c2n1CCC(C(=O)O)C2. The van der Waals surface area contributed by atoms with E-state index >= 15 is 0 Å². The molecule has 0 bridgehead atoms. The quantitative estimate of drug-likeness (QED) is 0.892. The van der Waals surface area contributed by atoms with E-state index in [1.807, 2.05) is 25.1 Å². The third-order valence-corrected chi connectivity index (χ3v) is 3.66. The predicted octanol–water partition coefficient (Wildman–Crippen LogP) is 1.90. The zero-order valence-electron chi connectivity index (χ0n) is 10.7. The monoisotopic (exact) mass is 257 g/mol. The summed E-state index contributed by atoms with van der Waals surface area (Å²) in [6.45, 7) is 2.68. The van der Waals surface area contributed by atoms with Gasteiger partial charge < -0.3 is 9.67 Å². The first-order valence-corrected chi connectivity index (χ1v) is 6.37. The molecular weight excluding hydrogens is 242 g/mol. The molecule has 0 saturated heterocycles. The minimum atomic E-state index is -0.725. The average molecular weight is 257 g/mol. The second-order valence-corrected chi connectivity index (χ2v) is 4.85. The average Bonchev–Trinajstić information content (AvgIpc) is 2.77. The maximum Gasteiger partial charge on any atom is 0.306 e. The molecule has 1 N–H and O–H groups in total. The van der Waals surface area contributed by atoms with E-state index in [1.54, 1.807) is 6.20 Å². The molecule has 1 aliphatic heterocycles. The van der Waals surface area contributed by atoms with Crippen molar-refractivity contribution in [3.8, 4) is 11.4 Å². The smallest absolute Gasteiger partial charge is 0.306 e. The fourth-order valence-electron chi connectivity index (χ4n) is 2.65. The van der Waals surface area contributed by atoms with Crippen LogP contribution in [-0.4, -0.2) is 25.6 Å². The fraction of sp³-hybridized carbons (Fsp3) is 0.357. The van der Waals surface area contributed by atoms with Gasteiger partial charge in [0.2, 0.25) is 0 Å². The first-order chi connectivity index (χ1) is 9.16. The number of rotatable bonds is 2. The third-order valence-electron chi connectivity index (χ3n) is 3.66. The molecule has 0 saturated carbocycles. The highest BCUT2D eigenvalue weighted by Gasteiger charge is 2.28. The Labute approximate surface area is 110 Å². The maximum absolute atomic E-state index is 11.2. The summed E-state index contributed by atoms with van der Waals surface area (Å²) in [5, 5.41) is 9.19. The Balaban J connectivity index is 2.07. The number of aromatic nitrogens is 3. The number of carbonyl (C=O) groups is 1. The Morgan fingerprint density at radius 2 is 2.32 bits per heavy atom. The van der Waals surface area contributed by atoms with Crippen molar-refractivity contribution in [1.29, 1.82) is 0 Å². The fourth-order valence-corrected chi connectivity index (χ4v) is 2.65. The van der Waals surface area contributed by atoms with E-state index in [0.717, 1.165) is 29.5 Å². The van der Waals surface area contributed by atoms with E-state index in [-0.39, 0.29) is 5.92 Å². The van der Waals surface area contributed by atoms with E-state index in [9.17, 15) is 9.90 Å². The molecule has 2 aromatic rings. The Morgan fingerprint density at radius 1 is 1.47 bits per heavy atom. The lowest BCUT2D eigenvalue weighted by Gasteiger charge is -2.22. The van der Waals surface area contributed by atoms with Crippen LogP contribution in [0.1, 0.15) is 17.9 Å². The molecule has 3 rings (SSSR count). The highest BCUT2D eigenvalue weighted by Crippen LogP contribution is 2.30. The molecule has 1 aliphatic rings. The van der Waals surface area contributed by atoms with Gasteiger partial charge in [0.15, 0.2) is 0 Å². The molecule has 0 fully saturated rings. The zero-order chi connectivity index (χ0) is 13.4. The number of imidazole rings is 1. The molecule has 5 nitrogen and oxygen atoms in total. The van der Waals surface area contributed by atoms with Gasteiger partial charge >= 0.3 is 5.97 Å². The normalized spacial score (nSPS) is 18.1. The van der Waals surface area contributed by atoms with E-state index in [2.05, 4.69) is 14.5 Å². The first kappa shape index (κ1) is 11.9. The lowest BCUT2D eigenvalue weighted by atomic mass is 9.94.